The lowest BCUT2D eigenvalue weighted by molar-refractivity contribution is -0.130. The van der Waals surface area contributed by atoms with Gasteiger partial charge in [-0.2, -0.15) is 0 Å². The SMILES string of the molecule is CC(=O)N1CCN(C(=O)c2ccncc2Cl)CC1. The molecule has 1 aromatic rings. The Morgan fingerprint density at radius 3 is 2.39 bits per heavy atom. The Morgan fingerprint density at radius 2 is 1.83 bits per heavy atom. The maximum Gasteiger partial charge on any atom is 0.255 e. The molecule has 0 aromatic carbocycles. The maximum absolute atomic E-state index is 12.2. The molecule has 0 aliphatic carbocycles. The first-order valence-electron chi connectivity index (χ1n) is 5.74. The number of halogens is 1. The molecule has 1 saturated heterocycles. The molecule has 18 heavy (non-hydrogen) atoms. The topological polar surface area (TPSA) is 53.5 Å². The summed E-state index contributed by atoms with van der Waals surface area (Å²) in [5.74, 6) is -0.0605. The summed E-state index contributed by atoms with van der Waals surface area (Å²) >= 11 is 5.94. The molecule has 0 radical (unpaired) electrons. The lowest BCUT2D eigenvalue weighted by Crippen LogP contribution is -2.50. The van der Waals surface area contributed by atoms with E-state index in [4.69, 9.17) is 11.6 Å². The van der Waals surface area contributed by atoms with E-state index >= 15 is 0 Å². The first kappa shape index (κ1) is 12.8. The van der Waals surface area contributed by atoms with Crippen molar-refractivity contribution < 1.29 is 9.59 Å². The molecule has 6 heteroatoms. The smallest absolute Gasteiger partial charge is 0.255 e. The summed E-state index contributed by atoms with van der Waals surface area (Å²) in [6, 6.07) is 1.61. The molecule has 0 atom stereocenters. The second-order valence-corrected chi connectivity index (χ2v) is 4.56. The average molecular weight is 268 g/mol. The third-order valence-corrected chi connectivity index (χ3v) is 3.32. The minimum absolute atomic E-state index is 0.0454. The lowest BCUT2D eigenvalue weighted by Gasteiger charge is -2.34. The Morgan fingerprint density at radius 1 is 1.22 bits per heavy atom. The summed E-state index contributed by atoms with van der Waals surface area (Å²) < 4.78 is 0. The van der Waals surface area contributed by atoms with Gasteiger partial charge >= 0.3 is 0 Å². The van der Waals surface area contributed by atoms with Crippen LogP contribution in [0.25, 0.3) is 0 Å². The summed E-state index contributed by atoms with van der Waals surface area (Å²) in [7, 11) is 0. The Hall–Kier alpha value is -1.62. The van der Waals surface area contributed by atoms with E-state index in [1.165, 1.54) is 13.1 Å². The van der Waals surface area contributed by atoms with Crippen molar-refractivity contribution in [2.45, 2.75) is 6.92 Å². The monoisotopic (exact) mass is 267 g/mol. The van der Waals surface area contributed by atoms with E-state index in [9.17, 15) is 9.59 Å². The number of aromatic nitrogens is 1. The van der Waals surface area contributed by atoms with Gasteiger partial charge in [-0.1, -0.05) is 11.6 Å². The van der Waals surface area contributed by atoms with Crippen molar-refractivity contribution in [2.75, 3.05) is 26.2 Å². The van der Waals surface area contributed by atoms with Gasteiger partial charge in [0.05, 0.1) is 10.6 Å². The number of pyridine rings is 1. The molecular weight excluding hydrogens is 254 g/mol. The fourth-order valence-corrected chi connectivity index (χ4v) is 2.14. The molecule has 2 heterocycles. The molecule has 2 amide bonds. The van der Waals surface area contributed by atoms with Crippen LogP contribution in [0.5, 0.6) is 0 Å². The maximum atomic E-state index is 12.2. The number of hydrogen-bond acceptors (Lipinski definition) is 3. The zero-order valence-corrected chi connectivity index (χ0v) is 10.9. The van der Waals surface area contributed by atoms with E-state index in [-0.39, 0.29) is 11.8 Å². The largest absolute Gasteiger partial charge is 0.339 e. The van der Waals surface area contributed by atoms with Gasteiger partial charge in [-0.3, -0.25) is 14.6 Å². The van der Waals surface area contributed by atoms with Crippen molar-refractivity contribution in [3.05, 3.63) is 29.0 Å². The predicted octanol–water partition coefficient (Wildman–Crippen LogP) is 1.04. The van der Waals surface area contributed by atoms with Gasteiger partial charge in [-0.25, -0.2) is 0 Å². The van der Waals surface area contributed by atoms with Crippen LogP contribution in [0.2, 0.25) is 5.02 Å². The fourth-order valence-electron chi connectivity index (χ4n) is 1.94. The molecule has 5 nitrogen and oxygen atoms in total. The van der Waals surface area contributed by atoms with Gasteiger partial charge in [0, 0.05) is 45.5 Å². The first-order valence-corrected chi connectivity index (χ1v) is 6.11. The van der Waals surface area contributed by atoms with Crippen LogP contribution in [0, 0.1) is 0 Å². The lowest BCUT2D eigenvalue weighted by atomic mass is 10.2. The minimum Gasteiger partial charge on any atom is -0.339 e. The van der Waals surface area contributed by atoms with Gasteiger partial charge in [-0.15, -0.1) is 0 Å². The zero-order chi connectivity index (χ0) is 13.1. The second-order valence-electron chi connectivity index (χ2n) is 4.15. The van der Waals surface area contributed by atoms with E-state index in [0.29, 0.717) is 36.8 Å². The van der Waals surface area contributed by atoms with Crippen LogP contribution in [0.3, 0.4) is 0 Å². The molecule has 0 N–H and O–H groups in total. The quantitative estimate of drug-likeness (QED) is 0.764. The number of nitrogens with zero attached hydrogens (tertiary/aromatic N) is 3. The average Bonchev–Trinajstić information content (AvgIpc) is 2.38. The fraction of sp³-hybridized carbons (Fsp3) is 0.417. The number of rotatable bonds is 1. The van der Waals surface area contributed by atoms with Crippen LogP contribution in [0.15, 0.2) is 18.5 Å². The molecule has 2 rings (SSSR count). The van der Waals surface area contributed by atoms with E-state index in [1.54, 1.807) is 22.1 Å². The van der Waals surface area contributed by atoms with Crippen LogP contribution < -0.4 is 0 Å². The molecule has 1 aliphatic rings. The first-order chi connectivity index (χ1) is 8.59. The standard InChI is InChI=1S/C12H14ClN3O2/c1-9(17)15-4-6-16(7-5-15)12(18)10-2-3-14-8-11(10)13/h2-3,8H,4-7H2,1H3. The molecule has 1 aliphatic heterocycles. The summed E-state index contributed by atoms with van der Waals surface area (Å²) in [4.78, 5) is 30.7. The summed E-state index contributed by atoms with van der Waals surface area (Å²) in [6.07, 6.45) is 3.01. The Balaban J connectivity index is 2.04. The van der Waals surface area contributed by atoms with E-state index in [1.807, 2.05) is 0 Å². The van der Waals surface area contributed by atoms with Gasteiger partial charge in [0.15, 0.2) is 0 Å². The van der Waals surface area contributed by atoms with Gasteiger partial charge < -0.3 is 9.80 Å². The number of piperazine rings is 1. The van der Waals surface area contributed by atoms with Crippen molar-refractivity contribution in [3.63, 3.8) is 0 Å². The summed E-state index contributed by atoms with van der Waals surface area (Å²) in [5, 5.41) is 0.358. The van der Waals surface area contributed by atoms with Gasteiger partial charge in [0.2, 0.25) is 5.91 Å². The van der Waals surface area contributed by atoms with Crippen LogP contribution in [-0.2, 0) is 4.79 Å². The van der Waals surface area contributed by atoms with Crippen LogP contribution in [-0.4, -0.2) is 52.8 Å². The van der Waals surface area contributed by atoms with Crippen molar-refractivity contribution in [3.8, 4) is 0 Å². The van der Waals surface area contributed by atoms with E-state index < -0.39 is 0 Å². The molecule has 0 unspecified atom stereocenters. The molecule has 0 spiro atoms. The number of carbonyl (C=O) groups is 2. The summed E-state index contributed by atoms with van der Waals surface area (Å²) in [5.41, 5.74) is 0.461. The second kappa shape index (κ2) is 5.35. The van der Waals surface area contributed by atoms with Crippen LogP contribution >= 0.6 is 11.6 Å². The minimum atomic E-state index is -0.106. The highest BCUT2D eigenvalue weighted by Crippen LogP contribution is 2.16. The predicted molar refractivity (Wildman–Crippen MR) is 67.4 cm³/mol. The number of carbonyl (C=O) groups excluding carboxylic acids is 2. The van der Waals surface area contributed by atoms with E-state index in [0.717, 1.165) is 0 Å². The molecular formula is C12H14ClN3O2. The van der Waals surface area contributed by atoms with Crippen molar-refractivity contribution >= 4 is 23.4 Å². The van der Waals surface area contributed by atoms with Crippen molar-refractivity contribution in [1.82, 2.24) is 14.8 Å². The van der Waals surface area contributed by atoms with Crippen LogP contribution in [0.4, 0.5) is 0 Å². The number of amides is 2. The van der Waals surface area contributed by atoms with Crippen molar-refractivity contribution in [1.29, 1.82) is 0 Å². The normalized spacial score (nSPS) is 15.7. The highest BCUT2D eigenvalue weighted by molar-refractivity contribution is 6.33. The molecule has 1 fully saturated rings. The molecule has 0 bridgehead atoms. The van der Waals surface area contributed by atoms with Crippen molar-refractivity contribution in [2.24, 2.45) is 0 Å². The molecule has 0 saturated carbocycles. The van der Waals surface area contributed by atoms with Gasteiger partial charge in [-0.05, 0) is 6.07 Å². The summed E-state index contributed by atoms with van der Waals surface area (Å²) in [6.45, 7) is 3.76. The van der Waals surface area contributed by atoms with Gasteiger partial charge in [0.25, 0.3) is 5.91 Å². The van der Waals surface area contributed by atoms with Crippen LogP contribution in [0.1, 0.15) is 17.3 Å². The highest BCUT2D eigenvalue weighted by Gasteiger charge is 2.24. The Bertz CT molecular complexity index is 470. The third-order valence-electron chi connectivity index (χ3n) is 3.02. The number of hydrogen-bond donors (Lipinski definition) is 0. The Labute approximate surface area is 110 Å². The highest BCUT2D eigenvalue weighted by atomic mass is 35.5. The Kier molecular flexibility index (Phi) is 3.81. The molecule has 1 aromatic heterocycles. The van der Waals surface area contributed by atoms with Gasteiger partial charge in [0.1, 0.15) is 0 Å². The third kappa shape index (κ3) is 2.61. The molecule has 96 valence electrons. The van der Waals surface area contributed by atoms with E-state index in [2.05, 4.69) is 4.98 Å². The zero-order valence-electron chi connectivity index (χ0n) is 10.1.